The third-order valence-corrected chi connectivity index (χ3v) is 5.77. The molecule has 0 N–H and O–H groups in total. The van der Waals surface area contributed by atoms with E-state index < -0.39 is 0 Å². The first kappa shape index (κ1) is 19.4. The monoisotopic (exact) mass is 429 g/mol. The van der Waals surface area contributed by atoms with E-state index >= 15 is 0 Å². The fourth-order valence-corrected chi connectivity index (χ4v) is 4.15. The van der Waals surface area contributed by atoms with Crippen LogP contribution in [0.25, 0.3) is 16.8 Å². The molecule has 5 nitrogen and oxygen atoms in total. The van der Waals surface area contributed by atoms with E-state index in [1.165, 1.54) is 0 Å². The van der Waals surface area contributed by atoms with Crippen molar-refractivity contribution in [2.24, 2.45) is 0 Å². The van der Waals surface area contributed by atoms with Crippen LogP contribution < -0.4 is 9.64 Å². The number of carbonyl (C=O) groups excluding carboxylic acids is 1. The number of benzene rings is 3. The van der Waals surface area contributed by atoms with Gasteiger partial charge >= 0.3 is 0 Å². The molecular weight excluding hydrogens is 410 g/mol. The number of amides is 1. The molecule has 1 aliphatic rings. The number of carbonyl (C=O) groups is 1. The topological polar surface area (TPSA) is 47.4 Å². The molecule has 0 saturated heterocycles. The number of anilines is 1. The normalized spacial score (nSPS) is 12.9. The zero-order valence-corrected chi connectivity index (χ0v) is 17.9. The first-order valence-corrected chi connectivity index (χ1v) is 10.3. The predicted molar refractivity (Wildman–Crippen MR) is 122 cm³/mol. The highest BCUT2D eigenvalue weighted by Gasteiger charge is 2.29. The summed E-state index contributed by atoms with van der Waals surface area (Å²) < 4.78 is 7.52. The molecule has 154 valence electrons. The summed E-state index contributed by atoms with van der Waals surface area (Å²) in [6.07, 6.45) is 3.69. The summed E-state index contributed by atoms with van der Waals surface area (Å²) in [5, 5.41) is 0.672. The van der Waals surface area contributed by atoms with Crippen LogP contribution in [0.2, 0.25) is 5.02 Å². The quantitative estimate of drug-likeness (QED) is 0.420. The molecule has 0 atom stereocenters. The van der Waals surface area contributed by atoms with Crippen molar-refractivity contribution in [3.63, 3.8) is 0 Å². The number of imidazole rings is 1. The van der Waals surface area contributed by atoms with Gasteiger partial charge < -0.3 is 14.2 Å². The lowest BCUT2D eigenvalue weighted by atomic mass is 10.0. The van der Waals surface area contributed by atoms with Crippen molar-refractivity contribution in [3.8, 4) is 22.6 Å². The highest BCUT2D eigenvalue weighted by molar-refractivity contribution is 6.30. The molecule has 0 bridgehead atoms. The van der Waals surface area contributed by atoms with Gasteiger partial charge in [0.2, 0.25) is 0 Å². The Morgan fingerprint density at radius 2 is 1.87 bits per heavy atom. The lowest BCUT2D eigenvalue weighted by Gasteiger charge is -2.18. The number of aromatic nitrogens is 2. The first-order valence-electron chi connectivity index (χ1n) is 9.93. The Hall–Kier alpha value is -3.57. The van der Waals surface area contributed by atoms with Gasteiger partial charge in [-0.3, -0.25) is 4.79 Å². The van der Waals surface area contributed by atoms with Crippen molar-refractivity contribution in [1.29, 1.82) is 0 Å². The Morgan fingerprint density at radius 1 is 1.03 bits per heavy atom. The molecule has 5 rings (SSSR count). The molecule has 0 saturated carbocycles. The molecule has 1 aliphatic heterocycles. The van der Waals surface area contributed by atoms with Crippen LogP contribution in [0.5, 0.6) is 5.75 Å². The van der Waals surface area contributed by atoms with Gasteiger partial charge in [0.25, 0.3) is 5.91 Å². The van der Waals surface area contributed by atoms with Gasteiger partial charge in [-0.05, 0) is 53.9 Å². The first-order chi connectivity index (χ1) is 15.0. The molecule has 0 radical (unpaired) electrons. The van der Waals surface area contributed by atoms with Gasteiger partial charge in [0, 0.05) is 28.5 Å². The van der Waals surface area contributed by atoms with Crippen LogP contribution in [-0.4, -0.2) is 22.6 Å². The van der Waals surface area contributed by atoms with Crippen molar-refractivity contribution < 1.29 is 9.53 Å². The molecular formula is C25H20ClN3O2. The van der Waals surface area contributed by atoms with Crippen LogP contribution in [0.3, 0.4) is 0 Å². The second-order valence-electron chi connectivity index (χ2n) is 7.55. The zero-order chi connectivity index (χ0) is 21.5. The Labute approximate surface area is 185 Å². The van der Waals surface area contributed by atoms with E-state index in [4.69, 9.17) is 16.3 Å². The number of ether oxygens (including phenoxy) is 1. The van der Waals surface area contributed by atoms with Gasteiger partial charge in [0.15, 0.2) is 0 Å². The second kappa shape index (κ2) is 7.60. The molecule has 3 aromatic carbocycles. The number of aryl methyl sites for hydroxylation is 1. The zero-order valence-electron chi connectivity index (χ0n) is 17.2. The Bertz CT molecular complexity index is 1310. The summed E-state index contributed by atoms with van der Waals surface area (Å²) in [5.41, 5.74) is 6.27. The molecule has 31 heavy (non-hydrogen) atoms. The van der Waals surface area contributed by atoms with Gasteiger partial charge in [0.05, 0.1) is 31.4 Å². The molecule has 0 fully saturated rings. The van der Waals surface area contributed by atoms with Crippen LogP contribution in [0.1, 0.15) is 21.6 Å². The average Bonchev–Trinajstić information content (AvgIpc) is 3.36. The summed E-state index contributed by atoms with van der Waals surface area (Å²) in [6, 6.07) is 19.4. The van der Waals surface area contributed by atoms with Crippen molar-refractivity contribution in [3.05, 3.63) is 95.0 Å². The molecule has 6 heteroatoms. The maximum Gasteiger partial charge on any atom is 0.258 e. The lowest BCUT2D eigenvalue weighted by Crippen LogP contribution is -2.23. The summed E-state index contributed by atoms with van der Waals surface area (Å²) >= 11 is 6.14. The summed E-state index contributed by atoms with van der Waals surface area (Å²) in [4.78, 5) is 19.3. The van der Waals surface area contributed by atoms with Gasteiger partial charge in [0.1, 0.15) is 5.75 Å². The van der Waals surface area contributed by atoms with E-state index in [0.717, 1.165) is 33.8 Å². The van der Waals surface area contributed by atoms with Gasteiger partial charge in [-0.15, -0.1) is 0 Å². The number of fused-ring (bicyclic) bond motifs is 1. The van der Waals surface area contributed by atoms with Crippen molar-refractivity contribution in [1.82, 2.24) is 9.55 Å². The Balaban J connectivity index is 1.48. The van der Waals surface area contributed by atoms with Gasteiger partial charge in [-0.2, -0.15) is 0 Å². The highest BCUT2D eigenvalue weighted by Crippen LogP contribution is 2.35. The van der Waals surface area contributed by atoms with E-state index in [1.54, 1.807) is 18.3 Å². The Kier molecular flexibility index (Phi) is 4.75. The minimum absolute atomic E-state index is 0.0212. The van der Waals surface area contributed by atoms with Crippen molar-refractivity contribution in [2.75, 3.05) is 12.0 Å². The Morgan fingerprint density at radius 3 is 2.61 bits per heavy atom. The number of hydrogen-bond acceptors (Lipinski definition) is 3. The molecule has 4 aromatic rings. The number of methoxy groups -OCH3 is 1. The molecule has 0 spiro atoms. The third-order valence-electron chi connectivity index (χ3n) is 5.54. The number of rotatable bonds is 4. The van der Waals surface area contributed by atoms with E-state index in [2.05, 4.69) is 4.98 Å². The smallest absolute Gasteiger partial charge is 0.258 e. The fourth-order valence-electron chi connectivity index (χ4n) is 3.96. The van der Waals surface area contributed by atoms with E-state index in [-0.39, 0.29) is 5.91 Å². The molecule has 1 aromatic heterocycles. The van der Waals surface area contributed by atoms with Crippen LogP contribution in [0, 0.1) is 6.92 Å². The fraction of sp³-hybridized carbons (Fsp3) is 0.120. The van der Waals surface area contributed by atoms with Crippen LogP contribution in [0.15, 0.2) is 73.2 Å². The minimum Gasteiger partial charge on any atom is -0.494 e. The number of nitrogens with zero attached hydrogens (tertiary/aromatic N) is 3. The van der Waals surface area contributed by atoms with Crippen molar-refractivity contribution >= 4 is 23.2 Å². The molecule has 0 unspecified atom stereocenters. The predicted octanol–water partition coefficient (Wildman–Crippen LogP) is 5.67. The van der Waals surface area contributed by atoms with Gasteiger partial charge in [-0.1, -0.05) is 35.9 Å². The summed E-state index contributed by atoms with van der Waals surface area (Å²) in [7, 11) is 1.63. The van der Waals surface area contributed by atoms with Crippen molar-refractivity contribution in [2.45, 2.75) is 13.5 Å². The van der Waals surface area contributed by atoms with Gasteiger partial charge in [-0.25, -0.2) is 4.98 Å². The van der Waals surface area contributed by atoms with E-state index in [1.807, 2.05) is 78.4 Å². The van der Waals surface area contributed by atoms with Crippen LogP contribution in [-0.2, 0) is 6.54 Å². The minimum atomic E-state index is -0.0212. The second-order valence-corrected chi connectivity index (χ2v) is 7.99. The average molecular weight is 430 g/mol. The standard InChI is InChI=1S/C25H20ClN3O2/c1-16-13-28(15-27-16)23-9-8-21(12-24(23)31-2)29-14-19-7-6-18(11-22(19)25(29)30)17-4-3-5-20(26)10-17/h3-13,15H,14H2,1-2H3. The van der Waals surface area contributed by atoms with Crippen LogP contribution >= 0.6 is 11.6 Å². The number of halogens is 1. The molecule has 2 heterocycles. The highest BCUT2D eigenvalue weighted by atomic mass is 35.5. The summed E-state index contributed by atoms with van der Waals surface area (Å²) in [5.74, 6) is 0.658. The molecule has 0 aliphatic carbocycles. The number of hydrogen-bond donors (Lipinski definition) is 0. The lowest BCUT2D eigenvalue weighted by molar-refractivity contribution is 0.0996. The maximum atomic E-state index is 13.2. The van der Waals surface area contributed by atoms with E-state index in [9.17, 15) is 4.79 Å². The third kappa shape index (κ3) is 3.47. The maximum absolute atomic E-state index is 13.2. The SMILES string of the molecule is COc1cc(N2Cc3ccc(-c4cccc(Cl)c4)cc3C2=O)ccc1-n1cnc(C)c1. The van der Waals surface area contributed by atoms with E-state index in [0.29, 0.717) is 22.9 Å². The molecule has 1 amide bonds. The summed E-state index contributed by atoms with van der Waals surface area (Å²) in [6.45, 7) is 2.46. The van der Waals surface area contributed by atoms with Crippen LogP contribution in [0.4, 0.5) is 5.69 Å². The largest absolute Gasteiger partial charge is 0.494 e.